The summed E-state index contributed by atoms with van der Waals surface area (Å²) in [5.41, 5.74) is 9.00. The van der Waals surface area contributed by atoms with Crippen molar-refractivity contribution >= 4 is 0 Å². The molecular formula is C18H31NO2. The second-order valence-corrected chi connectivity index (χ2v) is 7.93. The number of aromatic hydroxyl groups is 1. The molecule has 0 radical (unpaired) electrons. The van der Waals surface area contributed by atoms with Crippen LogP contribution in [0.4, 0.5) is 0 Å². The zero-order valence-corrected chi connectivity index (χ0v) is 14.3. The third-order valence-electron chi connectivity index (χ3n) is 3.89. The number of nitrogens with two attached hydrogens (primary N) is 1. The quantitative estimate of drug-likeness (QED) is 0.792. The van der Waals surface area contributed by atoms with Gasteiger partial charge in [-0.1, -0.05) is 47.6 Å². The van der Waals surface area contributed by atoms with E-state index in [1.165, 1.54) is 5.56 Å². The van der Waals surface area contributed by atoms with Crippen LogP contribution in [0.25, 0.3) is 0 Å². The highest BCUT2D eigenvalue weighted by Gasteiger charge is 2.26. The highest BCUT2D eigenvalue weighted by atomic mass is 16.3. The summed E-state index contributed by atoms with van der Waals surface area (Å²) in [6.07, 6.45) is 1.31. The van der Waals surface area contributed by atoms with Gasteiger partial charge in [-0.15, -0.1) is 0 Å². The molecule has 0 unspecified atom stereocenters. The molecule has 21 heavy (non-hydrogen) atoms. The van der Waals surface area contributed by atoms with Crippen LogP contribution < -0.4 is 5.73 Å². The zero-order valence-electron chi connectivity index (χ0n) is 14.3. The lowest BCUT2D eigenvalue weighted by molar-refractivity contribution is 0.279. The SMILES string of the molecule is CC(C)(C)c1cc([C@@H](N)CCCO)c(O)c(C(C)(C)C)c1. The van der Waals surface area contributed by atoms with Crippen molar-refractivity contribution in [3.63, 3.8) is 0 Å². The van der Waals surface area contributed by atoms with Crippen molar-refractivity contribution in [2.45, 2.75) is 71.3 Å². The van der Waals surface area contributed by atoms with Gasteiger partial charge >= 0.3 is 0 Å². The largest absolute Gasteiger partial charge is 0.507 e. The minimum Gasteiger partial charge on any atom is -0.507 e. The average Bonchev–Trinajstić information content (AvgIpc) is 2.33. The Morgan fingerprint density at radius 2 is 1.62 bits per heavy atom. The minimum absolute atomic E-state index is 0.000845. The van der Waals surface area contributed by atoms with E-state index in [2.05, 4.69) is 47.6 Å². The van der Waals surface area contributed by atoms with Crippen molar-refractivity contribution < 1.29 is 10.2 Å². The van der Waals surface area contributed by atoms with Crippen LogP contribution in [0.2, 0.25) is 0 Å². The van der Waals surface area contributed by atoms with E-state index in [9.17, 15) is 5.11 Å². The second-order valence-electron chi connectivity index (χ2n) is 7.93. The molecular weight excluding hydrogens is 262 g/mol. The molecule has 1 rings (SSSR count). The molecule has 0 heterocycles. The predicted octanol–water partition coefficient (Wildman–Crippen LogP) is 3.76. The Morgan fingerprint density at radius 1 is 1.05 bits per heavy atom. The first-order chi connectivity index (χ1) is 9.48. The van der Waals surface area contributed by atoms with Crippen molar-refractivity contribution in [3.8, 4) is 5.75 Å². The van der Waals surface area contributed by atoms with Crippen molar-refractivity contribution in [2.24, 2.45) is 5.73 Å². The maximum Gasteiger partial charge on any atom is 0.124 e. The molecule has 0 amide bonds. The van der Waals surface area contributed by atoms with Crippen LogP contribution in [0.15, 0.2) is 12.1 Å². The van der Waals surface area contributed by atoms with Gasteiger partial charge in [0.1, 0.15) is 5.75 Å². The number of hydrogen-bond donors (Lipinski definition) is 3. The van der Waals surface area contributed by atoms with E-state index in [-0.39, 0.29) is 23.5 Å². The van der Waals surface area contributed by atoms with Crippen LogP contribution >= 0.6 is 0 Å². The molecule has 1 aromatic carbocycles. The summed E-state index contributed by atoms with van der Waals surface area (Å²) < 4.78 is 0. The van der Waals surface area contributed by atoms with E-state index in [4.69, 9.17) is 10.8 Å². The van der Waals surface area contributed by atoms with E-state index in [0.717, 1.165) is 11.1 Å². The summed E-state index contributed by atoms with van der Waals surface area (Å²) in [5.74, 6) is 0.306. The van der Waals surface area contributed by atoms with Crippen LogP contribution in [0.1, 0.15) is 77.1 Å². The summed E-state index contributed by atoms with van der Waals surface area (Å²) in [5, 5.41) is 19.6. The molecule has 0 aromatic heterocycles. The molecule has 0 aliphatic rings. The van der Waals surface area contributed by atoms with Gasteiger partial charge in [0.15, 0.2) is 0 Å². The molecule has 0 saturated carbocycles. The molecule has 3 nitrogen and oxygen atoms in total. The number of hydrogen-bond acceptors (Lipinski definition) is 3. The van der Waals surface area contributed by atoms with Crippen LogP contribution in [0.5, 0.6) is 5.75 Å². The first-order valence-corrected chi connectivity index (χ1v) is 7.72. The van der Waals surface area contributed by atoms with Gasteiger partial charge < -0.3 is 15.9 Å². The number of aliphatic hydroxyl groups is 1. The lowest BCUT2D eigenvalue weighted by atomic mass is 9.78. The third kappa shape index (κ3) is 4.45. The minimum atomic E-state index is -0.249. The van der Waals surface area contributed by atoms with Crippen molar-refractivity contribution in [1.29, 1.82) is 0 Å². The molecule has 3 heteroatoms. The van der Waals surface area contributed by atoms with E-state index in [1.54, 1.807) is 0 Å². The molecule has 0 aliphatic heterocycles. The molecule has 0 aliphatic carbocycles. The number of phenols is 1. The maximum absolute atomic E-state index is 10.6. The van der Waals surface area contributed by atoms with Crippen molar-refractivity contribution in [2.75, 3.05) is 6.61 Å². The normalized spacial score (nSPS) is 14.3. The Hall–Kier alpha value is -1.06. The molecule has 1 atom stereocenters. The average molecular weight is 293 g/mol. The van der Waals surface area contributed by atoms with E-state index >= 15 is 0 Å². The third-order valence-corrected chi connectivity index (χ3v) is 3.89. The van der Waals surface area contributed by atoms with Gasteiger partial charge in [0, 0.05) is 18.2 Å². The van der Waals surface area contributed by atoms with E-state index < -0.39 is 0 Å². The lowest BCUT2D eigenvalue weighted by Gasteiger charge is -2.29. The van der Waals surface area contributed by atoms with E-state index in [0.29, 0.717) is 18.6 Å². The predicted molar refractivity (Wildman–Crippen MR) is 88.8 cm³/mol. The summed E-state index contributed by atoms with van der Waals surface area (Å²) in [7, 11) is 0. The molecule has 120 valence electrons. The van der Waals surface area contributed by atoms with Crippen LogP contribution in [0.3, 0.4) is 0 Å². The Balaban J connectivity index is 3.42. The molecule has 0 spiro atoms. The van der Waals surface area contributed by atoms with Crippen molar-refractivity contribution in [1.82, 2.24) is 0 Å². The van der Waals surface area contributed by atoms with Crippen molar-refractivity contribution in [3.05, 3.63) is 28.8 Å². The Morgan fingerprint density at radius 3 is 2.05 bits per heavy atom. The fraction of sp³-hybridized carbons (Fsp3) is 0.667. The van der Waals surface area contributed by atoms with Gasteiger partial charge in [-0.25, -0.2) is 0 Å². The van der Waals surface area contributed by atoms with Crippen LogP contribution in [0, 0.1) is 0 Å². The molecule has 0 fully saturated rings. The standard InChI is InChI=1S/C18H31NO2/c1-17(2,3)12-10-13(15(19)8-7-9-20)16(21)14(11-12)18(4,5)6/h10-11,15,20-21H,7-9,19H2,1-6H3/t15-/m0/s1. The van der Waals surface area contributed by atoms with Gasteiger partial charge in [-0.2, -0.15) is 0 Å². The number of phenolic OH excluding ortho intramolecular Hbond substituents is 1. The molecule has 4 N–H and O–H groups in total. The fourth-order valence-corrected chi connectivity index (χ4v) is 2.41. The maximum atomic E-state index is 10.6. The van der Waals surface area contributed by atoms with Gasteiger partial charge in [0.2, 0.25) is 0 Å². The van der Waals surface area contributed by atoms with Gasteiger partial charge in [0.05, 0.1) is 0 Å². The first-order valence-electron chi connectivity index (χ1n) is 7.72. The fourth-order valence-electron chi connectivity index (χ4n) is 2.41. The molecule has 0 bridgehead atoms. The summed E-state index contributed by atoms with van der Waals surface area (Å²) >= 11 is 0. The summed E-state index contributed by atoms with van der Waals surface area (Å²) in [6.45, 7) is 12.9. The van der Waals surface area contributed by atoms with Gasteiger partial charge in [-0.05, 0) is 40.9 Å². The molecule has 1 aromatic rings. The van der Waals surface area contributed by atoms with Gasteiger partial charge in [-0.3, -0.25) is 0 Å². The topological polar surface area (TPSA) is 66.5 Å². The zero-order chi connectivity index (χ0) is 16.4. The highest BCUT2D eigenvalue weighted by molar-refractivity contribution is 5.49. The van der Waals surface area contributed by atoms with Crippen LogP contribution in [-0.2, 0) is 10.8 Å². The number of aliphatic hydroxyl groups excluding tert-OH is 1. The monoisotopic (exact) mass is 293 g/mol. The molecule has 0 saturated heterocycles. The smallest absolute Gasteiger partial charge is 0.124 e. The second kappa shape index (κ2) is 6.37. The Labute approximate surface area is 129 Å². The Bertz CT molecular complexity index is 481. The number of rotatable bonds is 4. The van der Waals surface area contributed by atoms with E-state index in [1.807, 2.05) is 6.07 Å². The highest BCUT2D eigenvalue weighted by Crippen LogP contribution is 2.40. The first kappa shape index (κ1) is 18.0. The summed E-state index contributed by atoms with van der Waals surface area (Å²) in [6, 6.07) is 3.87. The lowest BCUT2D eigenvalue weighted by Crippen LogP contribution is -2.20. The number of benzene rings is 1. The Kier molecular flexibility index (Phi) is 5.46. The summed E-state index contributed by atoms with van der Waals surface area (Å²) in [4.78, 5) is 0. The van der Waals surface area contributed by atoms with Crippen LogP contribution in [-0.4, -0.2) is 16.8 Å². The van der Waals surface area contributed by atoms with Gasteiger partial charge in [0.25, 0.3) is 0 Å².